The van der Waals surface area contributed by atoms with Crippen LogP contribution in [0.25, 0.3) is 0 Å². The third-order valence-corrected chi connectivity index (χ3v) is 6.66. The third-order valence-electron chi connectivity index (χ3n) is 3.90. The second-order valence-corrected chi connectivity index (χ2v) is 8.00. The van der Waals surface area contributed by atoms with E-state index >= 15 is 0 Å². The van der Waals surface area contributed by atoms with Gasteiger partial charge in [-0.2, -0.15) is 12.7 Å². The first-order valence-corrected chi connectivity index (χ1v) is 9.25. The van der Waals surface area contributed by atoms with Crippen LogP contribution >= 0.6 is 11.3 Å². The van der Waals surface area contributed by atoms with E-state index in [1.165, 1.54) is 20.5 Å². The van der Waals surface area contributed by atoms with Gasteiger partial charge in [0, 0.05) is 17.5 Å². The highest BCUT2D eigenvalue weighted by Crippen LogP contribution is 2.31. The minimum Gasteiger partial charge on any atom is -0.395 e. The molecule has 1 fully saturated rings. The molecule has 3 rings (SSSR count). The van der Waals surface area contributed by atoms with E-state index in [0.717, 1.165) is 37.8 Å². The van der Waals surface area contributed by atoms with Crippen molar-refractivity contribution in [3.63, 3.8) is 0 Å². The second kappa shape index (κ2) is 5.59. The molecular formula is C12H19N3O3S2. The summed E-state index contributed by atoms with van der Waals surface area (Å²) in [6.45, 7) is 0.334. The molecule has 0 spiro atoms. The van der Waals surface area contributed by atoms with Crippen molar-refractivity contribution in [2.24, 2.45) is 0 Å². The van der Waals surface area contributed by atoms with Crippen molar-refractivity contribution < 1.29 is 13.5 Å². The Hall–Kier alpha value is -0.700. The highest BCUT2D eigenvalue weighted by molar-refractivity contribution is 7.90. The lowest BCUT2D eigenvalue weighted by Gasteiger charge is -2.33. The van der Waals surface area contributed by atoms with Gasteiger partial charge in [-0.1, -0.05) is 6.42 Å². The van der Waals surface area contributed by atoms with Gasteiger partial charge < -0.3 is 5.11 Å². The number of aliphatic hydroxyl groups excluding tert-OH is 1. The van der Waals surface area contributed by atoms with Gasteiger partial charge in [-0.15, -0.1) is 11.3 Å². The molecule has 2 heterocycles. The lowest BCUT2D eigenvalue weighted by molar-refractivity contribution is 0.156. The first-order chi connectivity index (χ1) is 9.60. The van der Waals surface area contributed by atoms with Gasteiger partial charge in [0.1, 0.15) is 0 Å². The topological polar surface area (TPSA) is 82.5 Å². The standard InChI is InChI=1S/C12H19N3O3S2/c16-8-9-4-1-2-7-15(9)20(17,18)14-12-13-10-5-3-6-11(10)19-12/h9,16H,1-8H2,(H,13,14). The molecule has 20 heavy (non-hydrogen) atoms. The summed E-state index contributed by atoms with van der Waals surface area (Å²) in [5.74, 6) is 0. The molecule has 2 aliphatic rings. The van der Waals surface area contributed by atoms with Crippen molar-refractivity contribution in [1.29, 1.82) is 0 Å². The Bertz CT molecular complexity index is 563. The lowest BCUT2D eigenvalue weighted by Crippen LogP contribution is -2.47. The monoisotopic (exact) mass is 317 g/mol. The molecule has 0 radical (unpaired) electrons. The molecule has 0 saturated carbocycles. The quantitative estimate of drug-likeness (QED) is 0.872. The van der Waals surface area contributed by atoms with Gasteiger partial charge in [0.05, 0.1) is 12.3 Å². The number of anilines is 1. The number of hydrogen-bond acceptors (Lipinski definition) is 5. The van der Waals surface area contributed by atoms with E-state index in [4.69, 9.17) is 0 Å². The van der Waals surface area contributed by atoms with E-state index in [1.54, 1.807) is 0 Å². The number of thiazole rings is 1. The minimum atomic E-state index is -3.61. The third kappa shape index (κ3) is 2.69. The lowest BCUT2D eigenvalue weighted by atomic mass is 10.1. The van der Waals surface area contributed by atoms with Crippen LogP contribution < -0.4 is 4.72 Å². The Labute approximate surface area is 123 Å². The zero-order valence-corrected chi connectivity index (χ0v) is 12.8. The zero-order valence-electron chi connectivity index (χ0n) is 11.2. The van der Waals surface area contributed by atoms with Crippen LogP contribution in [0.4, 0.5) is 5.13 Å². The van der Waals surface area contributed by atoms with Crippen LogP contribution in [0.1, 0.15) is 36.3 Å². The summed E-state index contributed by atoms with van der Waals surface area (Å²) in [4.78, 5) is 5.56. The van der Waals surface area contributed by atoms with Crippen LogP contribution in [0.15, 0.2) is 0 Å². The summed E-state index contributed by atoms with van der Waals surface area (Å²) < 4.78 is 28.8. The normalized spacial score (nSPS) is 23.8. The predicted octanol–water partition coefficient (Wildman–Crippen LogP) is 1.14. The predicted molar refractivity (Wildman–Crippen MR) is 78.1 cm³/mol. The Balaban J connectivity index is 1.77. The number of nitrogens with zero attached hydrogens (tertiary/aromatic N) is 2. The smallest absolute Gasteiger partial charge is 0.303 e. The van der Waals surface area contributed by atoms with Crippen molar-refractivity contribution >= 4 is 26.7 Å². The number of hydrogen-bond donors (Lipinski definition) is 2. The highest BCUT2D eigenvalue weighted by atomic mass is 32.2. The van der Waals surface area contributed by atoms with Crippen LogP contribution in [0.5, 0.6) is 0 Å². The fraction of sp³-hybridized carbons (Fsp3) is 0.750. The van der Waals surface area contributed by atoms with E-state index in [2.05, 4.69) is 9.71 Å². The first kappa shape index (κ1) is 14.2. The number of piperidine rings is 1. The zero-order chi connectivity index (χ0) is 14.2. The molecule has 8 heteroatoms. The molecule has 1 saturated heterocycles. The van der Waals surface area contributed by atoms with Crippen molar-refractivity contribution in [3.8, 4) is 0 Å². The first-order valence-electron chi connectivity index (χ1n) is 6.99. The summed E-state index contributed by atoms with van der Waals surface area (Å²) in [6, 6.07) is -0.312. The Morgan fingerprint density at radius 3 is 2.95 bits per heavy atom. The van der Waals surface area contributed by atoms with E-state index in [9.17, 15) is 13.5 Å². The molecule has 6 nitrogen and oxygen atoms in total. The maximum absolute atomic E-state index is 12.4. The molecule has 1 aliphatic carbocycles. The molecule has 0 aromatic carbocycles. The number of aryl methyl sites for hydroxylation is 2. The van der Waals surface area contributed by atoms with Crippen molar-refractivity contribution in [2.45, 2.75) is 44.6 Å². The molecular weight excluding hydrogens is 298 g/mol. The fourth-order valence-electron chi connectivity index (χ4n) is 2.88. The Kier molecular flexibility index (Phi) is 3.98. The van der Waals surface area contributed by atoms with E-state index in [-0.39, 0.29) is 12.6 Å². The van der Waals surface area contributed by atoms with Crippen molar-refractivity contribution in [3.05, 3.63) is 10.6 Å². The van der Waals surface area contributed by atoms with E-state index in [0.29, 0.717) is 18.1 Å². The van der Waals surface area contributed by atoms with E-state index < -0.39 is 10.2 Å². The minimum absolute atomic E-state index is 0.130. The molecule has 1 unspecified atom stereocenters. The van der Waals surface area contributed by atoms with Crippen molar-refractivity contribution in [2.75, 3.05) is 17.9 Å². The number of fused-ring (bicyclic) bond motifs is 1. The Morgan fingerprint density at radius 1 is 1.35 bits per heavy atom. The summed E-state index contributed by atoms with van der Waals surface area (Å²) in [7, 11) is -3.61. The number of aliphatic hydroxyl groups is 1. The van der Waals surface area contributed by atoms with Crippen LogP contribution in [0.2, 0.25) is 0 Å². The molecule has 2 N–H and O–H groups in total. The van der Waals surface area contributed by atoms with Crippen LogP contribution in [0.3, 0.4) is 0 Å². The number of nitrogens with one attached hydrogen (secondary N) is 1. The average molecular weight is 317 g/mol. The summed E-state index contributed by atoms with van der Waals surface area (Å²) in [6.07, 6.45) is 5.56. The number of aromatic nitrogens is 1. The molecule has 0 amide bonds. The summed E-state index contributed by atoms with van der Waals surface area (Å²) in [5, 5.41) is 9.79. The summed E-state index contributed by atoms with van der Waals surface area (Å²) >= 11 is 1.43. The van der Waals surface area contributed by atoms with Gasteiger partial charge in [-0.25, -0.2) is 9.71 Å². The molecule has 1 aromatic rings. The van der Waals surface area contributed by atoms with Crippen molar-refractivity contribution in [1.82, 2.24) is 9.29 Å². The summed E-state index contributed by atoms with van der Waals surface area (Å²) in [5.41, 5.74) is 1.03. The van der Waals surface area contributed by atoms with E-state index in [1.807, 2.05) is 0 Å². The average Bonchev–Trinajstić information content (AvgIpc) is 2.99. The van der Waals surface area contributed by atoms with Crippen LogP contribution in [0, 0.1) is 0 Å². The molecule has 1 aliphatic heterocycles. The van der Waals surface area contributed by atoms with Crippen LogP contribution in [-0.4, -0.2) is 42.0 Å². The molecule has 112 valence electrons. The maximum Gasteiger partial charge on any atom is 0.303 e. The van der Waals surface area contributed by atoms with Gasteiger partial charge in [-0.3, -0.25) is 0 Å². The van der Waals surface area contributed by atoms with Gasteiger partial charge in [0.2, 0.25) is 0 Å². The van der Waals surface area contributed by atoms with Gasteiger partial charge in [0.15, 0.2) is 5.13 Å². The SMILES string of the molecule is O=S(=O)(Nc1nc2c(s1)CCC2)N1CCCCC1CO. The van der Waals surface area contributed by atoms with Gasteiger partial charge in [-0.05, 0) is 32.1 Å². The van der Waals surface area contributed by atoms with Gasteiger partial charge >= 0.3 is 10.2 Å². The molecule has 1 aromatic heterocycles. The highest BCUT2D eigenvalue weighted by Gasteiger charge is 2.32. The van der Waals surface area contributed by atoms with Crippen LogP contribution in [-0.2, 0) is 23.1 Å². The maximum atomic E-state index is 12.4. The van der Waals surface area contributed by atoms with Gasteiger partial charge in [0.25, 0.3) is 0 Å². The molecule has 1 atom stereocenters. The Morgan fingerprint density at radius 2 is 2.20 bits per heavy atom. The fourth-order valence-corrected chi connectivity index (χ4v) is 5.58. The molecule has 0 bridgehead atoms. The number of rotatable bonds is 4. The largest absolute Gasteiger partial charge is 0.395 e. The second-order valence-electron chi connectivity index (χ2n) is 5.29.